The first-order valence-corrected chi connectivity index (χ1v) is 4.92. The van der Waals surface area contributed by atoms with Gasteiger partial charge in [-0.1, -0.05) is 12.2 Å². The molecule has 0 aromatic carbocycles. The van der Waals surface area contributed by atoms with Crippen LogP contribution in [-0.4, -0.2) is 45.7 Å². The van der Waals surface area contributed by atoms with Crippen molar-refractivity contribution in [2.45, 2.75) is 44.2 Å². The highest BCUT2D eigenvalue weighted by Crippen LogP contribution is 2.11. The Balaban J connectivity index is 2.73. The molecule has 1 heterocycles. The second-order valence-corrected chi connectivity index (χ2v) is 3.67. The Morgan fingerprint density at radius 3 is 2.53 bits per heavy atom. The lowest BCUT2D eigenvalue weighted by Gasteiger charge is -2.21. The summed E-state index contributed by atoms with van der Waals surface area (Å²) in [7, 11) is 0. The van der Waals surface area contributed by atoms with Crippen LogP contribution >= 0.6 is 0 Å². The van der Waals surface area contributed by atoms with Gasteiger partial charge in [0, 0.05) is 6.42 Å². The first kappa shape index (κ1) is 12.2. The van der Waals surface area contributed by atoms with E-state index in [0.29, 0.717) is 0 Å². The highest BCUT2D eigenvalue weighted by atomic mass is 16.6. The average Bonchev–Trinajstić information content (AvgIpc) is 2.20. The van der Waals surface area contributed by atoms with E-state index in [9.17, 15) is 20.1 Å². The van der Waals surface area contributed by atoms with E-state index in [4.69, 9.17) is 4.74 Å². The van der Waals surface area contributed by atoms with E-state index in [0.717, 1.165) is 0 Å². The van der Waals surface area contributed by atoms with Crippen molar-refractivity contribution in [2.75, 3.05) is 0 Å². The van der Waals surface area contributed by atoms with Crippen LogP contribution in [0.2, 0.25) is 0 Å². The zero-order valence-corrected chi connectivity index (χ0v) is 8.54. The van der Waals surface area contributed by atoms with Gasteiger partial charge in [0.25, 0.3) is 0 Å². The largest absolute Gasteiger partial charge is 0.460 e. The molecule has 0 unspecified atom stereocenters. The van der Waals surface area contributed by atoms with Gasteiger partial charge in [-0.3, -0.25) is 4.79 Å². The van der Waals surface area contributed by atoms with Gasteiger partial charge < -0.3 is 20.1 Å². The van der Waals surface area contributed by atoms with Gasteiger partial charge in [0.2, 0.25) is 0 Å². The first-order chi connectivity index (χ1) is 7.00. The third-order valence-corrected chi connectivity index (χ3v) is 2.34. The average molecular weight is 216 g/mol. The lowest BCUT2D eigenvalue weighted by atomic mass is 10.1. The van der Waals surface area contributed by atoms with Crippen LogP contribution in [0.5, 0.6) is 0 Å². The molecule has 0 radical (unpaired) electrons. The zero-order chi connectivity index (χ0) is 11.4. The monoisotopic (exact) mass is 216 g/mol. The zero-order valence-electron chi connectivity index (χ0n) is 8.54. The summed E-state index contributed by atoms with van der Waals surface area (Å²) in [6.07, 6.45) is -0.865. The summed E-state index contributed by atoms with van der Waals surface area (Å²) < 4.78 is 4.89. The van der Waals surface area contributed by atoms with Crippen molar-refractivity contribution in [3.05, 3.63) is 12.2 Å². The van der Waals surface area contributed by atoms with Gasteiger partial charge >= 0.3 is 5.97 Å². The third-order valence-electron chi connectivity index (χ3n) is 2.34. The molecule has 0 aliphatic carbocycles. The summed E-state index contributed by atoms with van der Waals surface area (Å²) in [6.45, 7) is 1.57. The summed E-state index contributed by atoms with van der Waals surface area (Å²) in [5.41, 5.74) is 0. The molecule has 0 aromatic rings. The number of rotatable bonds is 0. The summed E-state index contributed by atoms with van der Waals surface area (Å²) in [5.74, 6) is -0.483. The number of esters is 1. The minimum absolute atomic E-state index is 0.0309. The lowest BCUT2D eigenvalue weighted by Crippen LogP contribution is -2.31. The van der Waals surface area contributed by atoms with Crippen LogP contribution in [0, 0.1) is 0 Å². The maximum Gasteiger partial charge on any atom is 0.306 e. The number of carbonyl (C=O) groups excluding carboxylic acids is 1. The molecule has 0 aromatic heterocycles. The Morgan fingerprint density at radius 2 is 1.87 bits per heavy atom. The maximum absolute atomic E-state index is 11.2. The lowest BCUT2D eigenvalue weighted by molar-refractivity contribution is -0.153. The van der Waals surface area contributed by atoms with Crippen LogP contribution in [0.3, 0.4) is 0 Å². The van der Waals surface area contributed by atoms with Gasteiger partial charge in [-0.25, -0.2) is 0 Å². The van der Waals surface area contributed by atoms with E-state index in [-0.39, 0.29) is 12.8 Å². The predicted molar refractivity (Wildman–Crippen MR) is 51.9 cm³/mol. The Bertz CT molecular complexity index is 250. The number of aliphatic hydroxyl groups is 3. The fraction of sp³-hybridized carbons (Fsp3) is 0.700. The van der Waals surface area contributed by atoms with Gasteiger partial charge in [-0.2, -0.15) is 0 Å². The van der Waals surface area contributed by atoms with Crippen LogP contribution < -0.4 is 0 Å². The summed E-state index contributed by atoms with van der Waals surface area (Å²) >= 11 is 0. The predicted octanol–water partition coefficient (Wildman–Crippen LogP) is -0.649. The van der Waals surface area contributed by atoms with Crippen molar-refractivity contribution in [1.82, 2.24) is 0 Å². The smallest absolute Gasteiger partial charge is 0.306 e. The Hall–Kier alpha value is -0.910. The normalized spacial score (nSPS) is 40.7. The molecule has 0 saturated carbocycles. The van der Waals surface area contributed by atoms with Crippen molar-refractivity contribution in [2.24, 2.45) is 0 Å². The summed E-state index contributed by atoms with van der Waals surface area (Å²) in [6, 6.07) is 0. The van der Waals surface area contributed by atoms with E-state index in [1.807, 2.05) is 0 Å². The Kier molecular flexibility index (Phi) is 4.26. The van der Waals surface area contributed by atoms with Crippen LogP contribution in [0.1, 0.15) is 19.8 Å². The van der Waals surface area contributed by atoms with Crippen molar-refractivity contribution < 1.29 is 24.9 Å². The first-order valence-electron chi connectivity index (χ1n) is 4.92. The molecule has 86 valence electrons. The van der Waals surface area contributed by atoms with Gasteiger partial charge in [0.15, 0.2) is 0 Å². The fourth-order valence-corrected chi connectivity index (χ4v) is 1.28. The van der Waals surface area contributed by atoms with E-state index in [1.54, 1.807) is 6.92 Å². The Morgan fingerprint density at radius 1 is 1.27 bits per heavy atom. The van der Waals surface area contributed by atoms with Gasteiger partial charge in [0.1, 0.15) is 12.2 Å². The molecule has 5 heteroatoms. The van der Waals surface area contributed by atoms with Crippen molar-refractivity contribution >= 4 is 5.97 Å². The number of hydrogen-bond acceptors (Lipinski definition) is 5. The molecule has 1 rings (SSSR count). The molecule has 5 nitrogen and oxygen atoms in total. The van der Waals surface area contributed by atoms with Crippen molar-refractivity contribution in [3.63, 3.8) is 0 Å². The summed E-state index contributed by atoms with van der Waals surface area (Å²) in [5, 5.41) is 28.2. The molecule has 0 spiro atoms. The van der Waals surface area contributed by atoms with Crippen molar-refractivity contribution in [1.29, 1.82) is 0 Å². The number of ether oxygens (including phenoxy) is 1. The standard InChI is InChI=1S/C10H16O5/c1-6-7(11)2-3-8(12)9(13)4-5-10(14)15-6/h2-3,6-9,11-13H,4-5H2,1H3/b3-2-/t6-,7+,8-,9+/m0/s1. The van der Waals surface area contributed by atoms with E-state index in [1.165, 1.54) is 12.2 Å². The topological polar surface area (TPSA) is 87.0 Å². The molecule has 1 aliphatic heterocycles. The van der Waals surface area contributed by atoms with Gasteiger partial charge in [-0.05, 0) is 13.3 Å². The molecule has 0 bridgehead atoms. The highest BCUT2D eigenvalue weighted by molar-refractivity contribution is 5.69. The molecule has 15 heavy (non-hydrogen) atoms. The molecule has 0 amide bonds. The van der Waals surface area contributed by atoms with Crippen LogP contribution in [-0.2, 0) is 9.53 Å². The fourth-order valence-electron chi connectivity index (χ4n) is 1.28. The summed E-state index contributed by atoms with van der Waals surface area (Å²) in [4.78, 5) is 11.2. The third kappa shape index (κ3) is 3.62. The SMILES string of the molecule is C[C@@H]1OC(=O)CC[C@@H](O)[C@@H](O)/C=C\[C@H]1O. The molecular formula is C10H16O5. The minimum Gasteiger partial charge on any atom is -0.460 e. The van der Waals surface area contributed by atoms with Gasteiger partial charge in [-0.15, -0.1) is 0 Å². The van der Waals surface area contributed by atoms with E-state index < -0.39 is 30.4 Å². The molecule has 0 fully saturated rings. The molecule has 1 aliphatic rings. The highest BCUT2D eigenvalue weighted by Gasteiger charge is 2.22. The number of hydrogen-bond donors (Lipinski definition) is 3. The molecule has 0 saturated heterocycles. The van der Waals surface area contributed by atoms with Crippen LogP contribution in [0.25, 0.3) is 0 Å². The maximum atomic E-state index is 11.2. The number of cyclic esters (lactones) is 1. The van der Waals surface area contributed by atoms with Crippen LogP contribution in [0.15, 0.2) is 12.2 Å². The quantitative estimate of drug-likeness (QED) is 0.370. The van der Waals surface area contributed by atoms with Crippen LogP contribution in [0.4, 0.5) is 0 Å². The minimum atomic E-state index is -1.06. The second kappa shape index (κ2) is 5.25. The Labute approximate surface area is 88.0 Å². The van der Waals surface area contributed by atoms with E-state index in [2.05, 4.69) is 0 Å². The van der Waals surface area contributed by atoms with Crippen molar-refractivity contribution in [3.8, 4) is 0 Å². The van der Waals surface area contributed by atoms with E-state index >= 15 is 0 Å². The number of carbonyl (C=O) groups is 1. The second-order valence-electron chi connectivity index (χ2n) is 3.67. The molecular weight excluding hydrogens is 200 g/mol. The van der Waals surface area contributed by atoms with Gasteiger partial charge in [0.05, 0.1) is 12.2 Å². The number of aliphatic hydroxyl groups excluding tert-OH is 3. The molecule has 4 atom stereocenters. The molecule has 3 N–H and O–H groups in total.